The summed E-state index contributed by atoms with van der Waals surface area (Å²) in [6.07, 6.45) is -4.38. The summed E-state index contributed by atoms with van der Waals surface area (Å²) in [5, 5.41) is 3.74. The van der Waals surface area contributed by atoms with E-state index in [1.807, 2.05) is 0 Å². The Morgan fingerprint density at radius 3 is 2.64 bits per heavy atom. The molecule has 6 heteroatoms. The lowest BCUT2D eigenvalue weighted by Crippen LogP contribution is -2.03. The summed E-state index contributed by atoms with van der Waals surface area (Å²) < 4.78 is 41.3. The van der Waals surface area contributed by atoms with Crippen LogP contribution in [0.2, 0.25) is 0 Å². The van der Waals surface area contributed by atoms with Gasteiger partial charge in [-0.15, -0.1) is 0 Å². The zero-order valence-corrected chi connectivity index (χ0v) is 6.80. The molecule has 74 valence electrons. The number of nitrogens with zero attached hydrogens (tertiary/aromatic N) is 1. The molecule has 0 saturated carbocycles. The van der Waals surface area contributed by atoms with Gasteiger partial charge in [-0.05, 0) is 18.2 Å². The Bertz CT molecular complexity index is 475. The first-order chi connectivity index (χ1) is 6.48. The van der Waals surface area contributed by atoms with E-state index in [4.69, 9.17) is 5.73 Å². The first kappa shape index (κ1) is 8.86. The lowest BCUT2D eigenvalue weighted by atomic mass is 10.1. The summed E-state index contributed by atoms with van der Waals surface area (Å²) in [6, 6.07) is 3.05. The van der Waals surface area contributed by atoms with Crippen molar-refractivity contribution < 1.29 is 17.7 Å². The molecule has 0 spiro atoms. The second-order valence-electron chi connectivity index (χ2n) is 2.78. The average Bonchev–Trinajstić information content (AvgIpc) is 2.46. The molecule has 1 aromatic heterocycles. The van der Waals surface area contributed by atoms with Gasteiger partial charge in [-0.2, -0.15) is 13.2 Å². The van der Waals surface area contributed by atoms with Crippen LogP contribution in [-0.4, -0.2) is 5.16 Å². The van der Waals surface area contributed by atoms with E-state index < -0.39 is 11.7 Å². The van der Waals surface area contributed by atoms with Crippen molar-refractivity contribution in [1.82, 2.24) is 5.16 Å². The maximum Gasteiger partial charge on any atom is 0.416 e. The molecule has 0 amide bonds. The van der Waals surface area contributed by atoms with Crippen molar-refractivity contribution in [3.8, 4) is 0 Å². The molecule has 2 rings (SSSR count). The summed E-state index contributed by atoms with van der Waals surface area (Å²) in [5.74, 6) is 0.0914. The van der Waals surface area contributed by atoms with Gasteiger partial charge in [-0.1, -0.05) is 5.16 Å². The molecule has 0 unspecified atom stereocenters. The molecule has 0 atom stereocenters. The number of benzene rings is 1. The number of halogens is 3. The van der Waals surface area contributed by atoms with Crippen LogP contribution in [-0.2, 0) is 6.18 Å². The van der Waals surface area contributed by atoms with Gasteiger partial charge in [0.15, 0.2) is 11.4 Å². The van der Waals surface area contributed by atoms with Gasteiger partial charge in [0, 0.05) is 0 Å². The molecule has 2 aromatic rings. The minimum absolute atomic E-state index is 0.0392. The predicted molar refractivity (Wildman–Crippen MR) is 43.4 cm³/mol. The Morgan fingerprint density at radius 2 is 2.00 bits per heavy atom. The molecule has 14 heavy (non-hydrogen) atoms. The highest BCUT2D eigenvalue weighted by Crippen LogP contribution is 2.32. The van der Waals surface area contributed by atoms with Crippen LogP contribution in [0, 0.1) is 0 Å². The molecule has 3 nitrogen and oxygen atoms in total. The third-order valence-electron chi connectivity index (χ3n) is 1.83. The number of anilines is 1. The van der Waals surface area contributed by atoms with Gasteiger partial charge in [0.2, 0.25) is 0 Å². The maximum atomic E-state index is 12.2. The van der Waals surface area contributed by atoms with Crippen LogP contribution in [0.3, 0.4) is 0 Å². The second-order valence-corrected chi connectivity index (χ2v) is 2.78. The van der Waals surface area contributed by atoms with Crippen LogP contribution in [0.25, 0.3) is 11.0 Å². The second kappa shape index (κ2) is 2.63. The van der Waals surface area contributed by atoms with Gasteiger partial charge < -0.3 is 10.3 Å². The SMILES string of the molecule is Nc1noc2cc(C(F)(F)F)ccc12. The van der Waals surface area contributed by atoms with E-state index in [0.29, 0.717) is 5.39 Å². The number of hydrogen-bond donors (Lipinski definition) is 1. The maximum absolute atomic E-state index is 12.2. The first-order valence-electron chi connectivity index (χ1n) is 3.70. The highest BCUT2D eigenvalue weighted by atomic mass is 19.4. The monoisotopic (exact) mass is 202 g/mol. The average molecular weight is 202 g/mol. The molecular formula is C8H5F3N2O. The molecule has 1 aromatic carbocycles. The number of hydrogen-bond acceptors (Lipinski definition) is 3. The van der Waals surface area contributed by atoms with E-state index in [1.54, 1.807) is 0 Å². The summed E-state index contributed by atoms with van der Waals surface area (Å²) in [4.78, 5) is 0. The van der Waals surface area contributed by atoms with Crippen molar-refractivity contribution >= 4 is 16.8 Å². The normalized spacial score (nSPS) is 12.2. The largest absolute Gasteiger partial charge is 0.416 e. The van der Waals surface area contributed by atoms with Crippen molar-refractivity contribution in [2.45, 2.75) is 6.18 Å². The topological polar surface area (TPSA) is 52.0 Å². The molecular weight excluding hydrogens is 197 g/mol. The summed E-state index contributed by atoms with van der Waals surface area (Å²) >= 11 is 0. The fraction of sp³-hybridized carbons (Fsp3) is 0.125. The minimum atomic E-state index is -4.38. The van der Waals surface area contributed by atoms with Crippen molar-refractivity contribution in [3.05, 3.63) is 23.8 Å². The minimum Gasteiger partial charge on any atom is -0.380 e. The van der Waals surface area contributed by atoms with E-state index in [-0.39, 0.29) is 11.4 Å². The zero-order chi connectivity index (χ0) is 10.3. The van der Waals surface area contributed by atoms with Gasteiger partial charge in [0.05, 0.1) is 10.9 Å². The van der Waals surface area contributed by atoms with E-state index in [2.05, 4.69) is 9.68 Å². The number of alkyl halides is 3. The van der Waals surface area contributed by atoms with Gasteiger partial charge in [-0.3, -0.25) is 0 Å². The smallest absolute Gasteiger partial charge is 0.380 e. The standard InChI is InChI=1S/C8H5F3N2O/c9-8(10,11)4-1-2-5-6(3-4)14-13-7(5)12/h1-3H,(H2,12,13). The van der Waals surface area contributed by atoms with Crippen molar-refractivity contribution in [2.75, 3.05) is 5.73 Å². The number of rotatable bonds is 0. The lowest BCUT2D eigenvalue weighted by molar-refractivity contribution is -0.137. The molecule has 0 aliphatic heterocycles. The number of nitrogen functional groups attached to an aromatic ring is 1. The summed E-state index contributed by atoms with van der Waals surface area (Å²) in [6.45, 7) is 0. The third kappa shape index (κ3) is 1.28. The number of aromatic nitrogens is 1. The van der Waals surface area contributed by atoms with Gasteiger partial charge >= 0.3 is 6.18 Å². The Kier molecular flexibility index (Phi) is 1.67. The van der Waals surface area contributed by atoms with Gasteiger partial charge in [0.1, 0.15) is 0 Å². The third-order valence-corrected chi connectivity index (χ3v) is 1.83. The van der Waals surface area contributed by atoms with Crippen LogP contribution in [0.15, 0.2) is 22.7 Å². The van der Waals surface area contributed by atoms with Crippen molar-refractivity contribution in [1.29, 1.82) is 0 Å². The molecule has 1 heterocycles. The van der Waals surface area contributed by atoms with Crippen LogP contribution >= 0.6 is 0 Å². The molecule has 0 bridgehead atoms. The van der Waals surface area contributed by atoms with E-state index in [9.17, 15) is 13.2 Å². The van der Waals surface area contributed by atoms with Gasteiger partial charge in [-0.25, -0.2) is 0 Å². The van der Waals surface area contributed by atoms with Gasteiger partial charge in [0.25, 0.3) is 0 Å². The van der Waals surface area contributed by atoms with Crippen LogP contribution in [0.4, 0.5) is 19.0 Å². The van der Waals surface area contributed by atoms with Crippen LogP contribution in [0.5, 0.6) is 0 Å². The van der Waals surface area contributed by atoms with Crippen LogP contribution in [0.1, 0.15) is 5.56 Å². The van der Waals surface area contributed by atoms with Crippen molar-refractivity contribution in [3.63, 3.8) is 0 Å². The van der Waals surface area contributed by atoms with Crippen molar-refractivity contribution in [2.24, 2.45) is 0 Å². The molecule has 0 aliphatic carbocycles. The highest BCUT2D eigenvalue weighted by Gasteiger charge is 2.31. The lowest BCUT2D eigenvalue weighted by Gasteiger charge is -2.04. The zero-order valence-electron chi connectivity index (χ0n) is 6.80. The molecule has 0 fully saturated rings. The summed E-state index contributed by atoms with van der Waals surface area (Å²) in [7, 11) is 0. The summed E-state index contributed by atoms with van der Waals surface area (Å²) in [5.41, 5.74) is 4.61. The number of nitrogens with two attached hydrogens (primary N) is 1. The predicted octanol–water partition coefficient (Wildman–Crippen LogP) is 2.43. The first-order valence-corrected chi connectivity index (χ1v) is 3.70. The Balaban J connectivity index is 2.63. The van der Waals surface area contributed by atoms with Crippen LogP contribution < -0.4 is 5.73 Å². The molecule has 2 N–H and O–H groups in total. The van der Waals surface area contributed by atoms with E-state index in [0.717, 1.165) is 12.1 Å². The number of fused-ring (bicyclic) bond motifs is 1. The van der Waals surface area contributed by atoms with E-state index >= 15 is 0 Å². The quantitative estimate of drug-likeness (QED) is 0.713. The Hall–Kier alpha value is -1.72. The van der Waals surface area contributed by atoms with E-state index in [1.165, 1.54) is 6.07 Å². The Morgan fingerprint density at radius 1 is 1.29 bits per heavy atom. The molecule has 0 saturated heterocycles. The fourth-order valence-electron chi connectivity index (χ4n) is 1.13. The highest BCUT2D eigenvalue weighted by molar-refractivity contribution is 5.87. The fourth-order valence-corrected chi connectivity index (χ4v) is 1.13. The molecule has 0 radical (unpaired) electrons. The Labute approximate surface area is 76.3 Å². The molecule has 0 aliphatic rings.